The zero-order valence-corrected chi connectivity index (χ0v) is 11.0. The Morgan fingerprint density at radius 3 is 2.40 bits per heavy atom. The van der Waals surface area contributed by atoms with E-state index in [0.29, 0.717) is 5.56 Å². The van der Waals surface area contributed by atoms with Crippen LogP contribution in [0.15, 0.2) is 54.3 Å². The van der Waals surface area contributed by atoms with E-state index in [1.807, 2.05) is 42.5 Å². The maximum absolute atomic E-state index is 11.4. The summed E-state index contributed by atoms with van der Waals surface area (Å²) in [5, 5.41) is 9.37. The van der Waals surface area contributed by atoms with Crippen molar-refractivity contribution in [1.82, 2.24) is 0 Å². The zero-order chi connectivity index (χ0) is 14.1. The van der Waals surface area contributed by atoms with Crippen LogP contribution in [0.4, 0.5) is 0 Å². The fourth-order valence-corrected chi connectivity index (χ4v) is 2.74. The second-order valence-electron chi connectivity index (χ2n) is 4.71. The van der Waals surface area contributed by atoms with Crippen molar-refractivity contribution in [3.63, 3.8) is 0 Å². The molecule has 1 aliphatic carbocycles. The van der Waals surface area contributed by atoms with Gasteiger partial charge in [0.15, 0.2) is 0 Å². The molecule has 0 saturated carbocycles. The van der Waals surface area contributed by atoms with Gasteiger partial charge in [-0.3, -0.25) is 0 Å². The molecule has 3 rings (SSSR count). The number of hydrogen-bond acceptors (Lipinski definition) is 2. The van der Waals surface area contributed by atoms with Crippen LogP contribution in [0, 0.1) is 0 Å². The lowest BCUT2D eigenvalue weighted by Gasteiger charge is -2.18. The molecule has 0 bridgehead atoms. The van der Waals surface area contributed by atoms with Crippen molar-refractivity contribution in [1.29, 1.82) is 0 Å². The van der Waals surface area contributed by atoms with E-state index in [1.54, 1.807) is 19.2 Å². The molecule has 3 heteroatoms. The molecule has 1 N–H and O–H groups in total. The minimum Gasteiger partial charge on any atom is -0.500 e. The number of rotatable bonds is 3. The SMILES string of the molecule is COC1=Cc2ccccc2C1c1ccccc1C(=O)O. The van der Waals surface area contributed by atoms with Gasteiger partial charge in [-0.05, 0) is 28.8 Å². The van der Waals surface area contributed by atoms with Gasteiger partial charge < -0.3 is 9.84 Å². The van der Waals surface area contributed by atoms with E-state index >= 15 is 0 Å². The zero-order valence-electron chi connectivity index (χ0n) is 11.0. The Bertz CT molecular complexity index is 701. The molecule has 0 fully saturated rings. The maximum atomic E-state index is 11.4. The van der Waals surface area contributed by atoms with E-state index in [1.165, 1.54) is 0 Å². The third-order valence-electron chi connectivity index (χ3n) is 3.63. The number of carbonyl (C=O) groups is 1. The van der Waals surface area contributed by atoms with E-state index < -0.39 is 5.97 Å². The third-order valence-corrected chi connectivity index (χ3v) is 3.63. The van der Waals surface area contributed by atoms with Crippen molar-refractivity contribution in [3.05, 3.63) is 76.5 Å². The fourth-order valence-electron chi connectivity index (χ4n) is 2.74. The molecule has 0 radical (unpaired) electrons. The summed E-state index contributed by atoms with van der Waals surface area (Å²) in [6, 6.07) is 15.0. The first kappa shape index (κ1) is 12.5. The summed E-state index contributed by atoms with van der Waals surface area (Å²) >= 11 is 0. The minimum absolute atomic E-state index is 0.150. The first-order chi connectivity index (χ1) is 9.72. The van der Waals surface area contributed by atoms with Gasteiger partial charge in [-0.25, -0.2) is 4.79 Å². The molecule has 1 aliphatic rings. The van der Waals surface area contributed by atoms with Crippen LogP contribution in [-0.4, -0.2) is 18.2 Å². The Hall–Kier alpha value is -2.55. The molecule has 0 aromatic heterocycles. The Morgan fingerprint density at radius 1 is 1.05 bits per heavy atom. The molecule has 0 saturated heterocycles. The molecular weight excluding hydrogens is 252 g/mol. The van der Waals surface area contributed by atoms with Gasteiger partial charge in [0.05, 0.1) is 18.6 Å². The van der Waals surface area contributed by atoms with Crippen molar-refractivity contribution in [2.24, 2.45) is 0 Å². The van der Waals surface area contributed by atoms with E-state index in [0.717, 1.165) is 22.4 Å². The number of methoxy groups -OCH3 is 1. The van der Waals surface area contributed by atoms with Gasteiger partial charge in [-0.15, -0.1) is 0 Å². The summed E-state index contributed by atoms with van der Waals surface area (Å²) in [6.45, 7) is 0. The fraction of sp³-hybridized carbons (Fsp3) is 0.118. The molecule has 2 aromatic rings. The Morgan fingerprint density at radius 2 is 1.70 bits per heavy atom. The summed E-state index contributed by atoms with van der Waals surface area (Å²) in [5.74, 6) is -0.288. The quantitative estimate of drug-likeness (QED) is 0.924. The Balaban J connectivity index is 2.19. The standard InChI is InChI=1S/C17H14O3/c1-20-15-10-11-6-2-3-7-12(11)16(15)13-8-4-5-9-14(13)17(18)19/h2-10,16H,1H3,(H,18,19). The second-order valence-corrected chi connectivity index (χ2v) is 4.71. The molecule has 0 spiro atoms. The van der Waals surface area contributed by atoms with Crippen LogP contribution in [0.2, 0.25) is 0 Å². The first-order valence-corrected chi connectivity index (χ1v) is 6.39. The molecule has 20 heavy (non-hydrogen) atoms. The highest BCUT2D eigenvalue weighted by molar-refractivity contribution is 5.90. The highest BCUT2D eigenvalue weighted by atomic mass is 16.5. The van der Waals surface area contributed by atoms with Gasteiger partial charge in [0, 0.05) is 0 Å². The number of ether oxygens (including phenoxy) is 1. The maximum Gasteiger partial charge on any atom is 0.335 e. The van der Waals surface area contributed by atoms with Crippen LogP contribution >= 0.6 is 0 Å². The average molecular weight is 266 g/mol. The molecule has 3 nitrogen and oxygen atoms in total. The van der Waals surface area contributed by atoms with Crippen molar-refractivity contribution >= 4 is 12.0 Å². The number of fused-ring (bicyclic) bond motifs is 1. The molecule has 0 heterocycles. The number of allylic oxidation sites excluding steroid dienone is 1. The van der Waals surface area contributed by atoms with Crippen LogP contribution in [0.5, 0.6) is 0 Å². The monoisotopic (exact) mass is 266 g/mol. The number of carboxylic acid groups (broad SMARTS) is 1. The van der Waals surface area contributed by atoms with Crippen LogP contribution < -0.4 is 0 Å². The summed E-state index contributed by atoms with van der Waals surface area (Å²) < 4.78 is 5.46. The number of aromatic carboxylic acids is 1. The summed E-state index contributed by atoms with van der Waals surface area (Å²) in [6.07, 6.45) is 1.97. The molecule has 1 unspecified atom stereocenters. The summed E-state index contributed by atoms with van der Waals surface area (Å²) in [5.41, 5.74) is 3.24. The number of hydrogen-bond donors (Lipinski definition) is 1. The minimum atomic E-state index is -0.916. The molecule has 1 atom stereocenters. The Labute approximate surface area is 117 Å². The van der Waals surface area contributed by atoms with E-state index in [2.05, 4.69) is 0 Å². The largest absolute Gasteiger partial charge is 0.500 e. The molecule has 100 valence electrons. The van der Waals surface area contributed by atoms with Crippen LogP contribution in [-0.2, 0) is 4.74 Å². The second kappa shape index (κ2) is 4.85. The van der Waals surface area contributed by atoms with Gasteiger partial charge in [-0.1, -0.05) is 42.5 Å². The van der Waals surface area contributed by atoms with Crippen molar-refractivity contribution in [3.8, 4) is 0 Å². The number of carboxylic acids is 1. The van der Waals surface area contributed by atoms with E-state index in [9.17, 15) is 9.90 Å². The molecule has 0 aliphatic heterocycles. The number of benzene rings is 2. The lowest BCUT2D eigenvalue weighted by Crippen LogP contribution is -2.09. The topological polar surface area (TPSA) is 46.5 Å². The van der Waals surface area contributed by atoms with Gasteiger partial charge in [0.2, 0.25) is 0 Å². The van der Waals surface area contributed by atoms with Gasteiger partial charge >= 0.3 is 5.97 Å². The normalized spacial score (nSPS) is 16.4. The molecular formula is C17H14O3. The van der Waals surface area contributed by atoms with Crippen molar-refractivity contribution in [2.75, 3.05) is 7.11 Å². The van der Waals surface area contributed by atoms with E-state index in [-0.39, 0.29) is 5.92 Å². The van der Waals surface area contributed by atoms with Crippen LogP contribution in [0.25, 0.3) is 6.08 Å². The lowest BCUT2D eigenvalue weighted by atomic mass is 9.89. The lowest BCUT2D eigenvalue weighted by molar-refractivity contribution is 0.0695. The third kappa shape index (κ3) is 1.88. The smallest absolute Gasteiger partial charge is 0.335 e. The van der Waals surface area contributed by atoms with Crippen molar-refractivity contribution in [2.45, 2.75) is 5.92 Å². The molecule has 0 amide bonds. The van der Waals surface area contributed by atoms with Gasteiger partial charge in [0.1, 0.15) is 5.76 Å². The van der Waals surface area contributed by atoms with Crippen LogP contribution in [0.3, 0.4) is 0 Å². The van der Waals surface area contributed by atoms with Crippen molar-refractivity contribution < 1.29 is 14.6 Å². The van der Waals surface area contributed by atoms with Gasteiger partial charge in [-0.2, -0.15) is 0 Å². The predicted octanol–water partition coefficient (Wildman–Crippen LogP) is 3.52. The van der Waals surface area contributed by atoms with Gasteiger partial charge in [0.25, 0.3) is 0 Å². The highest BCUT2D eigenvalue weighted by Crippen LogP contribution is 2.42. The first-order valence-electron chi connectivity index (χ1n) is 6.39. The van der Waals surface area contributed by atoms with E-state index in [4.69, 9.17) is 4.74 Å². The summed E-state index contributed by atoms with van der Waals surface area (Å²) in [4.78, 5) is 11.4. The summed E-state index contributed by atoms with van der Waals surface area (Å²) in [7, 11) is 1.62. The van der Waals surface area contributed by atoms with Crippen LogP contribution in [0.1, 0.15) is 33.0 Å². The molecule has 2 aromatic carbocycles. The highest BCUT2D eigenvalue weighted by Gasteiger charge is 2.30. The average Bonchev–Trinajstić information content (AvgIpc) is 2.85. The predicted molar refractivity (Wildman–Crippen MR) is 76.7 cm³/mol. The Kier molecular flexibility index (Phi) is 3.03.